The average Bonchev–Trinajstić information content (AvgIpc) is 2.40. The zero-order valence-electron chi connectivity index (χ0n) is 11.9. The van der Waals surface area contributed by atoms with Crippen molar-refractivity contribution in [2.24, 2.45) is 0 Å². The van der Waals surface area contributed by atoms with Crippen LogP contribution in [0.4, 0.5) is 5.69 Å². The second-order valence-electron chi connectivity index (χ2n) is 5.90. The maximum atomic E-state index is 12.4. The molecule has 2 nitrogen and oxygen atoms in total. The second kappa shape index (κ2) is 5.29. The van der Waals surface area contributed by atoms with Crippen LogP contribution in [-0.4, -0.2) is 5.78 Å². The minimum atomic E-state index is -0.109. The monoisotopic (exact) mass is 287 g/mol. The van der Waals surface area contributed by atoms with Gasteiger partial charge in [0.05, 0.1) is 5.02 Å². The van der Waals surface area contributed by atoms with Gasteiger partial charge in [-0.2, -0.15) is 0 Å². The van der Waals surface area contributed by atoms with Crippen molar-refractivity contribution in [2.75, 3.05) is 5.73 Å². The molecule has 104 valence electrons. The molecule has 0 heterocycles. The second-order valence-corrected chi connectivity index (χ2v) is 6.30. The van der Waals surface area contributed by atoms with Gasteiger partial charge in [-0.25, -0.2) is 0 Å². The number of benzene rings is 2. The summed E-state index contributed by atoms with van der Waals surface area (Å²) in [6, 6.07) is 12.6. The summed E-state index contributed by atoms with van der Waals surface area (Å²) in [5.41, 5.74) is 8.55. The Kier molecular flexibility index (Phi) is 3.87. The van der Waals surface area contributed by atoms with Crippen LogP contribution < -0.4 is 5.73 Å². The summed E-state index contributed by atoms with van der Waals surface area (Å²) in [6.07, 6.45) is 0. The molecule has 0 saturated carbocycles. The predicted molar refractivity (Wildman–Crippen MR) is 84.4 cm³/mol. The van der Waals surface area contributed by atoms with Gasteiger partial charge in [0.2, 0.25) is 0 Å². The van der Waals surface area contributed by atoms with E-state index in [2.05, 4.69) is 20.8 Å². The number of rotatable bonds is 2. The average molecular weight is 288 g/mol. The smallest absolute Gasteiger partial charge is 0.194 e. The van der Waals surface area contributed by atoms with Crippen LogP contribution in [0.2, 0.25) is 5.02 Å². The van der Waals surface area contributed by atoms with E-state index in [1.54, 1.807) is 18.2 Å². The van der Waals surface area contributed by atoms with E-state index in [4.69, 9.17) is 17.3 Å². The number of hydrogen-bond donors (Lipinski definition) is 1. The zero-order valence-corrected chi connectivity index (χ0v) is 12.7. The summed E-state index contributed by atoms with van der Waals surface area (Å²) in [4.78, 5) is 12.4. The van der Waals surface area contributed by atoms with Crippen molar-refractivity contribution in [3.8, 4) is 0 Å². The van der Waals surface area contributed by atoms with E-state index >= 15 is 0 Å². The highest BCUT2D eigenvalue weighted by atomic mass is 35.5. The first-order chi connectivity index (χ1) is 9.29. The highest BCUT2D eigenvalue weighted by molar-refractivity contribution is 6.35. The molecule has 3 heteroatoms. The van der Waals surface area contributed by atoms with E-state index < -0.39 is 0 Å². The van der Waals surface area contributed by atoms with Crippen LogP contribution in [0, 0.1) is 0 Å². The van der Waals surface area contributed by atoms with Crippen molar-refractivity contribution < 1.29 is 4.79 Å². The molecule has 0 radical (unpaired) electrons. The summed E-state index contributed by atoms with van der Waals surface area (Å²) in [5, 5.41) is 0.420. The van der Waals surface area contributed by atoms with Crippen molar-refractivity contribution in [1.82, 2.24) is 0 Å². The lowest BCUT2D eigenvalue weighted by Gasteiger charge is -2.19. The number of nitrogens with two attached hydrogens (primary N) is 1. The van der Waals surface area contributed by atoms with Crippen LogP contribution in [0.3, 0.4) is 0 Å². The Bertz CT molecular complexity index is 639. The quantitative estimate of drug-likeness (QED) is 0.655. The van der Waals surface area contributed by atoms with Gasteiger partial charge < -0.3 is 5.73 Å². The van der Waals surface area contributed by atoms with Crippen molar-refractivity contribution >= 4 is 23.1 Å². The van der Waals surface area contributed by atoms with Crippen LogP contribution in [0.5, 0.6) is 0 Å². The van der Waals surface area contributed by atoms with Gasteiger partial charge in [0, 0.05) is 16.8 Å². The van der Waals surface area contributed by atoms with Gasteiger partial charge in [-0.05, 0) is 29.2 Å². The summed E-state index contributed by atoms with van der Waals surface area (Å²) in [6.45, 7) is 6.41. The molecule has 20 heavy (non-hydrogen) atoms. The van der Waals surface area contributed by atoms with E-state index in [0.717, 1.165) is 0 Å². The number of hydrogen-bond acceptors (Lipinski definition) is 2. The minimum absolute atomic E-state index is 0.0659. The van der Waals surface area contributed by atoms with Gasteiger partial charge in [0.25, 0.3) is 0 Å². The number of carbonyl (C=O) groups excluding carboxylic acids is 1. The molecule has 0 bridgehead atoms. The lowest BCUT2D eigenvalue weighted by atomic mass is 9.86. The number of halogens is 1. The van der Waals surface area contributed by atoms with Crippen LogP contribution in [-0.2, 0) is 5.41 Å². The maximum absolute atomic E-state index is 12.4. The van der Waals surface area contributed by atoms with Gasteiger partial charge in [0.15, 0.2) is 5.78 Å². The molecule has 0 aromatic heterocycles. The number of nitrogen functional groups attached to an aromatic ring is 1. The lowest BCUT2D eigenvalue weighted by molar-refractivity contribution is 0.103. The topological polar surface area (TPSA) is 43.1 Å². The first kappa shape index (κ1) is 14.6. The number of anilines is 1. The Labute approximate surface area is 124 Å². The molecular formula is C17H18ClNO. The van der Waals surface area contributed by atoms with Crippen LogP contribution >= 0.6 is 11.6 Å². The fourth-order valence-corrected chi connectivity index (χ4v) is 2.20. The highest BCUT2D eigenvalue weighted by Crippen LogP contribution is 2.25. The molecule has 0 saturated heterocycles. The molecular weight excluding hydrogens is 270 g/mol. The molecule has 2 aromatic rings. The molecule has 2 N–H and O–H groups in total. The summed E-state index contributed by atoms with van der Waals surface area (Å²) in [7, 11) is 0. The van der Waals surface area contributed by atoms with Crippen molar-refractivity contribution in [3.05, 3.63) is 64.2 Å². The minimum Gasteiger partial charge on any atom is -0.399 e. The molecule has 0 aliphatic rings. The van der Waals surface area contributed by atoms with Gasteiger partial charge in [-0.1, -0.05) is 56.6 Å². The Morgan fingerprint density at radius 2 is 1.65 bits per heavy atom. The predicted octanol–water partition coefficient (Wildman–Crippen LogP) is 4.45. The standard InChI is InChI=1S/C17H18ClNO/c1-17(2,3)12-6-4-11(5-7-12)16(20)14-10-13(19)8-9-15(14)18/h4-10H,19H2,1-3H3. The Hall–Kier alpha value is -1.80. The molecule has 0 amide bonds. The van der Waals surface area contributed by atoms with Crippen LogP contribution in [0.1, 0.15) is 42.3 Å². The van der Waals surface area contributed by atoms with E-state index in [9.17, 15) is 4.79 Å². The van der Waals surface area contributed by atoms with E-state index in [0.29, 0.717) is 21.8 Å². The van der Waals surface area contributed by atoms with Gasteiger partial charge in [-0.3, -0.25) is 4.79 Å². The van der Waals surface area contributed by atoms with E-state index in [1.807, 2.05) is 24.3 Å². The lowest BCUT2D eigenvalue weighted by Crippen LogP contribution is -2.11. The Balaban J connectivity index is 2.37. The molecule has 0 aliphatic heterocycles. The zero-order chi connectivity index (χ0) is 14.9. The molecule has 0 unspecified atom stereocenters. The Morgan fingerprint density at radius 1 is 1.05 bits per heavy atom. The number of ketones is 1. The molecule has 0 aliphatic carbocycles. The molecule has 0 atom stereocenters. The molecule has 0 spiro atoms. The van der Waals surface area contributed by atoms with Crippen molar-refractivity contribution in [2.45, 2.75) is 26.2 Å². The maximum Gasteiger partial charge on any atom is 0.194 e. The van der Waals surface area contributed by atoms with Crippen LogP contribution in [0.25, 0.3) is 0 Å². The van der Waals surface area contributed by atoms with Gasteiger partial charge in [0.1, 0.15) is 0 Å². The van der Waals surface area contributed by atoms with E-state index in [1.165, 1.54) is 5.56 Å². The van der Waals surface area contributed by atoms with E-state index in [-0.39, 0.29) is 11.2 Å². The third-order valence-electron chi connectivity index (χ3n) is 3.25. The molecule has 2 rings (SSSR count). The SMILES string of the molecule is CC(C)(C)c1ccc(C(=O)c2cc(N)ccc2Cl)cc1. The van der Waals surface area contributed by atoms with Gasteiger partial charge >= 0.3 is 0 Å². The van der Waals surface area contributed by atoms with Crippen molar-refractivity contribution in [1.29, 1.82) is 0 Å². The third-order valence-corrected chi connectivity index (χ3v) is 3.58. The highest BCUT2D eigenvalue weighted by Gasteiger charge is 2.16. The third kappa shape index (κ3) is 3.02. The first-order valence-corrected chi connectivity index (χ1v) is 6.87. The fourth-order valence-electron chi connectivity index (χ4n) is 1.99. The van der Waals surface area contributed by atoms with Crippen molar-refractivity contribution in [3.63, 3.8) is 0 Å². The largest absolute Gasteiger partial charge is 0.399 e. The van der Waals surface area contributed by atoms with Gasteiger partial charge in [-0.15, -0.1) is 0 Å². The molecule has 0 fully saturated rings. The first-order valence-electron chi connectivity index (χ1n) is 6.49. The van der Waals surface area contributed by atoms with Crippen LogP contribution in [0.15, 0.2) is 42.5 Å². The summed E-state index contributed by atoms with van der Waals surface area (Å²) in [5.74, 6) is -0.109. The molecule has 2 aromatic carbocycles. The normalized spacial score (nSPS) is 11.4. The summed E-state index contributed by atoms with van der Waals surface area (Å²) < 4.78 is 0. The fraction of sp³-hybridized carbons (Fsp3) is 0.235. The summed E-state index contributed by atoms with van der Waals surface area (Å²) >= 11 is 6.07. The number of carbonyl (C=O) groups is 1. The Morgan fingerprint density at radius 3 is 2.20 bits per heavy atom.